The Labute approximate surface area is 92.9 Å². The molecule has 0 spiro atoms. The summed E-state index contributed by atoms with van der Waals surface area (Å²) in [5.41, 5.74) is 7.10. The lowest BCUT2D eigenvalue weighted by molar-refractivity contribution is 1.15. The van der Waals surface area contributed by atoms with Crippen LogP contribution in [-0.2, 0) is 0 Å². The van der Waals surface area contributed by atoms with Crippen LogP contribution in [0.4, 0.5) is 17.3 Å². The number of nitrogens with one attached hydrogen (secondary N) is 2. The highest BCUT2D eigenvalue weighted by atomic mass is 15.1. The van der Waals surface area contributed by atoms with Crippen molar-refractivity contribution in [1.82, 2.24) is 9.97 Å². The van der Waals surface area contributed by atoms with Crippen molar-refractivity contribution in [1.29, 1.82) is 5.26 Å². The molecule has 1 aromatic heterocycles. The Balaban J connectivity index is 2.27. The van der Waals surface area contributed by atoms with E-state index in [0.29, 0.717) is 17.2 Å². The van der Waals surface area contributed by atoms with Crippen LogP contribution < -0.4 is 11.1 Å². The van der Waals surface area contributed by atoms with Gasteiger partial charge in [-0.1, -0.05) is 6.07 Å². The van der Waals surface area contributed by atoms with E-state index in [2.05, 4.69) is 21.4 Å². The molecule has 5 nitrogen and oxygen atoms in total. The van der Waals surface area contributed by atoms with Gasteiger partial charge in [-0.3, -0.25) is 0 Å². The first-order valence-electron chi connectivity index (χ1n) is 4.78. The second-order valence-electron chi connectivity index (χ2n) is 3.40. The van der Waals surface area contributed by atoms with Gasteiger partial charge < -0.3 is 16.0 Å². The summed E-state index contributed by atoms with van der Waals surface area (Å²) in [4.78, 5) is 7.08. The molecule has 0 aliphatic rings. The number of anilines is 3. The molecule has 1 aromatic carbocycles. The molecule has 4 N–H and O–H groups in total. The number of nitrogen functional groups attached to an aromatic ring is 1. The summed E-state index contributed by atoms with van der Waals surface area (Å²) in [6, 6.07) is 9.21. The predicted octanol–water partition coefficient (Wildman–Crippen LogP) is 1.92. The number of rotatable bonds is 2. The molecule has 1 heterocycles. The average molecular weight is 213 g/mol. The molecule has 0 aliphatic heterocycles. The van der Waals surface area contributed by atoms with Gasteiger partial charge in [0.25, 0.3) is 0 Å². The zero-order valence-corrected chi connectivity index (χ0v) is 8.78. The van der Waals surface area contributed by atoms with Gasteiger partial charge in [-0.05, 0) is 25.1 Å². The van der Waals surface area contributed by atoms with Gasteiger partial charge in [-0.2, -0.15) is 5.26 Å². The maximum atomic E-state index is 8.76. The van der Waals surface area contributed by atoms with E-state index in [1.165, 1.54) is 0 Å². The van der Waals surface area contributed by atoms with Crippen LogP contribution in [0.2, 0.25) is 0 Å². The van der Waals surface area contributed by atoms with Crippen molar-refractivity contribution in [3.63, 3.8) is 0 Å². The fraction of sp³-hybridized carbons (Fsp3) is 0.0909. The molecule has 0 unspecified atom stereocenters. The van der Waals surface area contributed by atoms with Crippen molar-refractivity contribution >= 4 is 17.3 Å². The largest absolute Gasteiger partial charge is 0.382 e. The Kier molecular flexibility index (Phi) is 2.48. The van der Waals surface area contributed by atoms with Crippen LogP contribution in [0, 0.1) is 18.3 Å². The standard InChI is InChI=1S/C11H11N5/c1-7-14-10(13)11(15-7)16-9-4-2-3-8(5-9)6-12/h2-5,16H,13H2,1H3,(H,14,15). The third-order valence-corrected chi connectivity index (χ3v) is 2.10. The summed E-state index contributed by atoms with van der Waals surface area (Å²) >= 11 is 0. The minimum Gasteiger partial charge on any atom is -0.382 e. The molecule has 0 saturated heterocycles. The highest BCUT2D eigenvalue weighted by molar-refractivity contribution is 5.67. The second-order valence-corrected chi connectivity index (χ2v) is 3.40. The Morgan fingerprint density at radius 1 is 1.50 bits per heavy atom. The van der Waals surface area contributed by atoms with Crippen LogP contribution in [0.3, 0.4) is 0 Å². The van der Waals surface area contributed by atoms with Gasteiger partial charge in [0.05, 0.1) is 11.6 Å². The third kappa shape index (κ3) is 1.96. The van der Waals surface area contributed by atoms with Crippen LogP contribution in [0.1, 0.15) is 11.4 Å². The lowest BCUT2D eigenvalue weighted by Gasteiger charge is -2.03. The Hall–Kier alpha value is -2.48. The van der Waals surface area contributed by atoms with Gasteiger partial charge in [0.2, 0.25) is 0 Å². The van der Waals surface area contributed by atoms with E-state index >= 15 is 0 Å². The van der Waals surface area contributed by atoms with E-state index in [0.717, 1.165) is 11.5 Å². The molecule has 0 bridgehead atoms. The number of aromatic amines is 1. The van der Waals surface area contributed by atoms with Gasteiger partial charge in [0.1, 0.15) is 11.6 Å². The summed E-state index contributed by atoms with van der Waals surface area (Å²) in [6.45, 7) is 1.83. The van der Waals surface area contributed by atoms with E-state index in [-0.39, 0.29) is 0 Å². The average Bonchev–Trinajstić information content (AvgIpc) is 2.58. The molecule has 5 heteroatoms. The molecule has 0 atom stereocenters. The lowest BCUT2D eigenvalue weighted by Crippen LogP contribution is -1.95. The Morgan fingerprint density at radius 3 is 2.94 bits per heavy atom. The molecular formula is C11H11N5. The summed E-state index contributed by atoms with van der Waals surface area (Å²) in [6.07, 6.45) is 0. The molecule has 0 fully saturated rings. The molecule has 2 aromatic rings. The number of H-pyrrole nitrogens is 1. The Bertz CT molecular complexity index is 550. The lowest BCUT2D eigenvalue weighted by atomic mass is 10.2. The van der Waals surface area contributed by atoms with E-state index in [4.69, 9.17) is 11.0 Å². The molecule has 0 aliphatic carbocycles. The van der Waals surface area contributed by atoms with Crippen LogP contribution in [0.25, 0.3) is 0 Å². The van der Waals surface area contributed by atoms with Crippen molar-refractivity contribution in [2.45, 2.75) is 6.92 Å². The highest BCUT2D eigenvalue weighted by Crippen LogP contribution is 2.20. The van der Waals surface area contributed by atoms with E-state index in [1.54, 1.807) is 18.2 Å². The molecule has 16 heavy (non-hydrogen) atoms. The van der Waals surface area contributed by atoms with Crippen molar-refractivity contribution in [3.8, 4) is 6.07 Å². The molecule has 2 rings (SSSR count). The van der Waals surface area contributed by atoms with Gasteiger partial charge in [-0.25, -0.2) is 4.98 Å². The van der Waals surface area contributed by atoms with E-state index in [9.17, 15) is 0 Å². The first kappa shape index (κ1) is 10.1. The first-order valence-corrected chi connectivity index (χ1v) is 4.78. The zero-order valence-electron chi connectivity index (χ0n) is 8.78. The molecule has 0 amide bonds. The van der Waals surface area contributed by atoms with Crippen molar-refractivity contribution in [2.75, 3.05) is 11.1 Å². The third-order valence-electron chi connectivity index (χ3n) is 2.10. The number of nitriles is 1. The van der Waals surface area contributed by atoms with Gasteiger partial charge >= 0.3 is 0 Å². The zero-order chi connectivity index (χ0) is 11.5. The molecule has 0 saturated carbocycles. The first-order chi connectivity index (χ1) is 7.69. The fourth-order valence-corrected chi connectivity index (χ4v) is 1.41. The minimum absolute atomic E-state index is 0.486. The second kappa shape index (κ2) is 3.95. The number of hydrogen-bond acceptors (Lipinski definition) is 4. The maximum Gasteiger partial charge on any atom is 0.173 e. The van der Waals surface area contributed by atoms with Crippen LogP contribution in [0.15, 0.2) is 24.3 Å². The van der Waals surface area contributed by atoms with Crippen LogP contribution in [-0.4, -0.2) is 9.97 Å². The van der Waals surface area contributed by atoms with Crippen LogP contribution >= 0.6 is 0 Å². The summed E-state index contributed by atoms with van der Waals surface area (Å²) < 4.78 is 0. The maximum absolute atomic E-state index is 8.76. The number of hydrogen-bond donors (Lipinski definition) is 3. The molecule has 80 valence electrons. The predicted molar refractivity (Wildman–Crippen MR) is 62.2 cm³/mol. The summed E-state index contributed by atoms with van der Waals surface area (Å²) in [5, 5.41) is 11.8. The number of aryl methyl sites for hydroxylation is 1. The monoisotopic (exact) mass is 213 g/mol. The minimum atomic E-state index is 0.486. The fourth-order valence-electron chi connectivity index (χ4n) is 1.41. The van der Waals surface area contributed by atoms with E-state index in [1.807, 2.05) is 13.0 Å². The number of imidazole rings is 1. The van der Waals surface area contributed by atoms with Crippen molar-refractivity contribution in [3.05, 3.63) is 35.7 Å². The Morgan fingerprint density at radius 2 is 2.31 bits per heavy atom. The smallest absolute Gasteiger partial charge is 0.173 e. The van der Waals surface area contributed by atoms with Gasteiger partial charge in [0, 0.05) is 5.69 Å². The number of nitrogens with two attached hydrogens (primary N) is 1. The number of benzene rings is 1. The van der Waals surface area contributed by atoms with Crippen LogP contribution in [0.5, 0.6) is 0 Å². The topological polar surface area (TPSA) is 90.5 Å². The quantitative estimate of drug-likeness (QED) is 0.710. The highest BCUT2D eigenvalue weighted by Gasteiger charge is 2.04. The number of nitrogens with zero attached hydrogens (tertiary/aromatic N) is 2. The summed E-state index contributed by atoms with van der Waals surface area (Å²) in [5.74, 6) is 1.81. The van der Waals surface area contributed by atoms with Crippen molar-refractivity contribution < 1.29 is 0 Å². The van der Waals surface area contributed by atoms with Gasteiger partial charge in [-0.15, -0.1) is 0 Å². The molecular weight excluding hydrogens is 202 g/mol. The van der Waals surface area contributed by atoms with E-state index < -0.39 is 0 Å². The number of aromatic nitrogens is 2. The summed E-state index contributed by atoms with van der Waals surface area (Å²) in [7, 11) is 0. The van der Waals surface area contributed by atoms with Crippen molar-refractivity contribution in [2.24, 2.45) is 0 Å². The molecule has 0 radical (unpaired) electrons. The SMILES string of the molecule is Cc1nc(Nc2cccc(C#N)c2)c(N)[nH]1. The normalized spacial score (nSPS) is 9.75. The van der Waals surface area contributed by atoms with Gasteiger partial charge in [0.15, 0.2) is 5.82 Å².